The first kappa shape index (κ1) is 17.7. The van der Waals surface area contributed by atoms with E-state index < -0.39 is 29.0 Å². The Hall–Kier alpha value is -1.34. The number of alkyl halides is 3. The number of carbonyl (C=O) groups excluding carboxylic acids is 1. The quantitative estimate of drug-likeness (QED) is 0.662. The summed E-state index contributed by atoms with van der Waals surface area (Å²) >= 11 is 0. The van der Waals surface area contributed by atoms with Gasteiger partial charge in [-0.1, -0.05) is 0 Å². The van der Waals surface area contributed by atoms with Gasteiger partial charge in [-0.15, -0.1) is 12.4 Å². The number of nitrogens with two attached hydrogens (primary N) is 1. The molecule has 108 valence electrons. The lowest BCUT2D eigenvalue weighted by molar-refractivity contribution is -0.137. The predicted octanol–water partition coefficient (Wildman–Crippen LogP) is 2.34. The van der Waals surface area contributed by atoms with E-state index in [1.54, 1.807) is 0 Å². The van der Waals surface area contributed by atoms with Gasteiger partial charge in [0.2, 0.25) is 0 Å². The summed E-state index contributed by atoms with van der Waals surface area (Å²) in [6.07, 6.45) is -4.15. The van der Waals surface area contributed by atoms with Crippen LogP contribution >= 0.6 is 12.4 Å². The molecule has 1 aromatic rings. The average Bonchev–Trinajstić information content (AvgIpc) is 2.28. The van der Waals surface area contributed by atoms with Crippen LogP contribution in [0.5, 0.6) is 0 Å². The Kier molecular flexibility index (Phi) is 6.78. The van der Waals surface area contributed by atoms with Crippen molar-refractivity contribution in [1.29, 1.82) is 0 Å². The molecule has 1 amide bonds. The molecule has 0 aromatic heterocycles. The number of hydrogen-bond donors (Lipinski definition) is 2. The number of benzene rings is 1. The van der Waals surface area contributed by atoms with Crippen LogP contribution in [-0.4, -0.2) is 19.0 Å². The lowest BCUT2D eigenvalue weighted by Crippen LogP contribution is -2.27. The van der Waals surface area contributed by atoms with Crippen LogP contribution in [-0.2, 0) is 6.18 Å². The lowest BCUT2D eigenvalue weighted by Gasteiger charge is -2.10. The fourth-order valence-electron chi connectivity index (χ4n) is 1.27. The highest BCUT2D eigenvalue weighted by molar-refractivity contribution is 5.94. The summed E-state index contributed by atoms with van der Waals surface area (Å²) in [5, 5.41) is 2.29. The Bertz CT molecular complexity index is 437. The number of carbonyl (C=O) groups is 1. The van der Waals surface area contributed by atoms with Crippen molar-refractivity contribution >= 4 is 18.3 Å². The highest BCUT2D eigenvalue weighted by Gasteiger charge is 2.31. The topological polar surface area (TPSA) is 55.1 Å². The predicted molar refractivity (Wildman–Crippen MR) is 64.7 cm³/mol. The van der Waals surface area contributed by atoms with Crippen molar-refractivity contribution in [1.82, 2.24) is 5.32 Å². The molecule has 8 heteroatoms. The van der Waals surface area contributed by atoms with Crippen LogP contribution in [0.2, 0.25) is 0 Å². The van der Waals surface area contributed by atoms with Crippen molar-refractivity contribution < 1.29 is 22.4 Å². The second kappa shape index (κ2) is 7.30. The molecular formula is C11H13ClF4N2O. The van der Waals surface area contributed by atoms with Crippen molar-refractivity contribution in [3.8, 4) is 0 Å². The fraction of sp³-hybridized carbons (Fsp3) is 0.364. The van der Waals surface area contributed by atoms with Crippen LogP contribution in [0.1, 0.15) is 22.3 Å². The Balaban J connectivity index is 0.00000324. The summed E-state index contributed by atoms with van der Waals surface area (Å²) in [4.78, 5) is 11.5. The molecule has 3 nitrogen and oxygen atoms in total. The smallest absolute Gasteiger partial charge is 0.352 e. The molecule has 0 aliphatic carbocycles. The van der Waals surface area contributed by atoms with Crippen LogP contribution in [0, 0.1) is 5.82 Å². The molecule has 0 saturated heterocycles. The normalized spacial score (nSPS) is 10.8. The summed E-state index contributed by atoms with van der Waals surface area (Å²) in [6.45, 7) is 0.510. The molecule has 0 aliphatic rings. The van der Waals surface area contributed by atoms with Gasteiger partial charge >= 0.3 is 6.18 Å². The van der Waals surface area contributed by atoms with E-state index in [9.17, 15) is 22.4 Å². The summed E-state index contributed by atoms with van der Waals surface area (Å²) in [5.74, 6) is -1.87. The monoisotopic (exact) mass is 300 g/mol. The molecule has 1 aromatic carbocycles. The fourth-order valence-corrected chi connectivity index (χ4v) is 1.27. The summed E-state index contributed by atoms with van der Waals surface area (Å²) in [5.41, 5.74) is 3.50. The number of nitrogens with one attached hydrogen (secondary N) is 1. The standard InChI is InChI=1S/C11H12F4N2O.ClH/c12-9-3-2-7(11(13,14)15)6-8(9)10(18)17-5-1-4-16;/h2-3,6H,1,4-5,16H2,(H,17,18);1H. The maximum atomic E-state index is 13.3. The second-order valence-corrected chi connectivity index (χ2v) is 3.59. The SMILES string of the molecule is Cl.NCCCNC(=O)c1cc(C(F)(F)F)ccc1F. The van der Waals surface area contributed by atoms with Gasteiger partial charge in [0.1, 0.15) is 5.82 Å². The molecule has 0 atom stereocenters. The van der Waals surface area contributed by atoms with E-state index in [1.807, 2.05) is 0 Å². The van der Waals surface area contributed by atoms with Crippen molar-refractivity contribution in [3.63, 3.8) is 0 Å². The molecule has 0 heterocycles. The maximum absolute atomic E-state index is 13.3. The third kappa shape index (κ3) is 5.04. The third-order valence-corrected chi connectivity index (χ3v) is 2.20. The van der Waals surface area contributed by atoms with Gasteiger partial charge < -0.3 is 11.1 Å². The van der Waals surface area contributed by atoms with Gasteiger partial charge in [-0.3, -0.25) is 4.79 Å². The highest BCUT2D eigenvalue weighted by Crippen LogP contribution is 2.30. The maximum Gasteiger partial charge on any atom is 0.416 e. The molecule has 0 spiro atoms. The molecule has 0 aliphatic heterocycles. The van der Waals surface area contributed by atoms with Gasteiger partial charge in [0.15, 0.2) is 0 Å². The first-order valence-corrected chi connectivity index (χ1v) is 5.21. The van der Waals surface area contributed by atoms with E-state index >= 15 is 0 Å². The van der Waals surface area contributed by atoms with E-state index in [0.717, 1.165) is 0 Å². The molecule has 3 N–H and O–H groups in total. The third-order valence-electron chi connectivity index (χ3n) is 2.20. The van der Waals surface area contributed by atoms with E-state index in [-0.39, 0.29) is 19.0 Å². The molecule has 0 radical (unpaired) electrons. The van der Waals surface area contributed by atoms with Crippen LogP contribution in [0.15, 0.2) is 18.2 Å². The first-order valence-electron chi connectivity index (χ1n) is 5.21. The van der Waals surface area contributed by atoms with E-state index in [2.05, 4.69) is 5.32 Å². The zero-order chi connectivity index (χ0) is 13.8. The van der Waals surface area contributed by atoms with Gasteiger partial charge in [0, 0.05) is 6.54 Å². The minimum Gasteiger partial charge on any atom is -0.352 e. The molecule has 0 unspecified atom stereocenters. The minimum absolute atomic E-state index is 0. The lowest BCUT2D eigenvalue weighted by atomic mass is 10.1. The zero-order valence-corrected chi connectivity index (χ0v) is 10.6. The van der Waals surface area contributed by atoms with Crippen LogP contribution < -0.4 is 11.1 Å². The highest BCUT2D eigenvalue weighted by atomic mass is 35.5. The Morgan fingerprint density at radius 1 is 1.32 bits per heavy atom. The van der Waals surface area contributed by atoms with Crippen LogP contribution in [0.3, 0.4) is 0 Å². The van der Waals surface area contributed by atoms with Gasteiger partial charge in [-0.25, -0.2) is 4.39 Å². The Labute approximate surface area is 113 Å². The van der Waals surface area contributed by atoms with Crippen LogP contribution in [0.4, 0.5) is 17.6 Å². The van der Waals surface area contributed by atoms with Crippen molar-refractivity contribution in [2.24, 2.45) is 5.73 Å². The molecule has 0 bridgehead atoms. The first-order chi connectivity index (χ1) is 8.36. The van der Waals surface area contributed by atoms with E-state index in [1.165, 1.54) is 0 Å². The second-order valence-electron chi connectivity index (χ2n) is 3.59. The van der Waals surface area contributed by atoms with E-state index in [4.69, 9.17) is 5.73 Å². The average molecular weight is 301 g/mol. The molecule has 19 heavy (non-hydrogen) atoms. The van der Waals surface area contributed by atoms with Gasteiger partial charge in [-0.2, -0.15) is 13.2 Å². The van der Waals surface area contributed by atoms with Gasteiger partial charge in [0.25, 0.3) is 5.91 Å². The van der Waals surface area contributed by atoms with Crippen LogP contribution in [0.25, 0.3) is 0 Å². The largest absolute Gasteiger partial charge is 0.416 e. The molecule has 0 saturated carbocycles. The van der Waals surface area contributed by atoms with Crippen molar-refractivity contribution in [3.05, 3.63) is 35.1 Å². The van der Waals surface area contributed by atoms with Crippen molar-refractivity contribution in [2.45, 2.75) is 12.6 Å². The number of halogens is 5. The number of hydrogen-bond acceptors (Lipinski definition) is 2. The Morgan fingerprint density at radius 2 is 1.95 bits per heavy atom. The molecular weight excluding hydrogens is 288 g/mol. The molecule has 1 rings (SSSR count). The summed E-state index contributed by atoms with van der Waals surface area (Å²) in [7, 11) is 0. The Morgan fingerprint density at radius 3 is 2.47 bits per heavy atom. The molecule has 0 fully saturated rings. The summed E-state index contributed by atoms with van der Waals surface area (Å²) in [6, 6.07) is 1.71. The number of rotatable bonds is 4. The van der Waals surface area contributed by atoms with Gasteiger partial charge in [-0.05, 0) is 31.2 Å². The van der Waals surface area contributed by atoms with Gasteiger partial charge in [0.05, 0.1) is 11.1 Å². The minimum atomic E-state index is -4.61. The zero-order valence-electron chi connectivity index (χ0n) is 9.76. The number of amides is 1. The summed E-state index contributed by atoms with van der Waals surface area (Å²) < 4.78 is 50.5. The van der Waals surface area contributed by atoms with E-state index in [0.29, 0.717) is 31.2 Å². The van der Waals surface area contributed by atoms with Crippen molar-refractivity contribution in [2.75, 3.05) is 13.1 Å².